The van der Waals surface area contributed by atoms with Gasteiger partial charge in [-0.25, -0.2) is 0 Å². The molecule has 1 aliphatic heterocycles. The number of hydrogen-bond acceptors (Lipinski definition) is 2. The van der Waals surface area contributed by atoms with Crippen LogP contribution in [-0.4, -0.2) is 38.3 Å². The third-order valence-corrected chi connectivity index (χ3v) is 3.46. The average Bonchev–Trinajstić information content (AvgIpc) is 2.49. The second-order valence-corrected chi connectivity index (χ2v) is 4.86. The quantitative estimate of drug-likeness (QED) is 0.572. The van der Waals surface area contributed by atoms with Crippen molar-refractivity contribution in [1.29, 1.82) is 0 Å². The van der Waals surface area contributed by atoms with Crippen LogP contribution >= 0.6 is 0 Å². The molecule has 102 valence electrons. The fraction of sp³-hybridized carbons (Fsp3) is 0.412. The molecule has 0 aliphatic carbocycles. The molecule has 0 bridgehead atoms. The minimum Gasteiger partial charge on any atom is -0.384 e. The summed E-state index contributed by atoms with van der Waals surface area (Å²) in [4.78, 5) is 2.47. The standard InChI is InChI=1S/C17H23NO/c1-19-15-7-3-6-12-18-13-10-17(11-14-18)16-8-4-2-5-9-16/h2-6,8-10H,7,11-15H2,1H3/b6-3+. The van der Waals surface area contributed by atoms with E-state index in [2.05, 4.69) is 53.5 Å². The first-order valence-corrected chi connectivity index (χ1v) is 7.01. The first-order valence-electron chi connectivity index (χ1n) is 7.01. The molecule has 0 amide bonds. The number of rotatable bonds is 6. The van der Waals surface area contributed by atoms with Crippen LogP contribution in [0.3, 0.4) is 0 Å². The summed E-state index contributed by atoms with van der Waals surface area (Å²) in [6.07, 6.45) is 8.98. The van der Waals surface area contributed by atoms with E-state index in [0.717, 1.165) is 39.1 Å². The SMILES string of the molecule is COCC/C=C/CN1CC=C(c2ccccc2)CC1. The van der Waals surface area contributed by atoms with Gasteiger partial charge in [-0.05, 0) is 24.0 Å². The largest absolute Gasteiger partial charge is 0.384 e. The lowest BCUT2D eigenvalue weighted by atomic mass is 10.00. The first kappa shape index (κ1) is 14.0. The van der Waals surface area contributed by atoms with Crippen LogP contribution in [0, 0.1) is 0 Å². The first-order chi connectivity index (χ1) is 9.40. The van der Waals surface area contributed by atoms with E-state index in [-0.39, 0.29) is 0 Å². The van der Waals surface area contributed by atoms with E-state index < -0.39 is 0 Å². The summed E-state index contributed by atoms with van der Waals surface area (Å²) in [5, 5.41) is 0. The minimum absolute atomic E-state index is 0.814. The van der Waals surface area contributed by atoms with Crippen LogP contribution < -0.4 is 0 Å². The molecule has 2 rings (SSSR count). The van der Waals surface area contributed by atoms with Crippen molar-refractivity contribution in [2.45, 2.75) is 12.8 Å². The molecule has 1 aromatic rings. The van der Waals surface area contributed by atoms with Crippen molar-refractivity contribution >= 4 is 5.57 Å². The van der Waals surface area contributed by atoms with Gasteiger partial charge in [0.2, 0.25) is 0 Å². The van der Waals surface area contributed by atoms with E-state index in [1.165, 1.54) is 11.1 Å². The molecular weight excluding hydrogens is 234 g/mol. The normalized spacial score (nSPS) is 16.8. The molecule has 0 radical (unpaired) electrons. The molecule has 1 heterocycles. The molecule has 0 N–H and O–H groups in total. The number of benzene rings is 1. The fourth-order valence-electron chi connectivity index (χ4n) is 2.32. The molecule has 1 aromatic carbocycles. The van der Waals surface area contributed by atoms with E-state index in [1.807, 2.05) is 0 Å². The van der Waals surface area contributed by atoms with Crippen LogP contribution in [0.5, 0.6) is 0 Å². The van der Waals surface area contributed by atoms with Gasteiger partial charge < -0.3 is 4.74 Å². The summed E-state index contributed by atoms with van der Waals surface area (Å²) in [6, 6.07) is 10.7. The average molecular weight is 257 g/mol. The Hall–Kier alpha value is -1.38. The van der Waals surface area contributed by atoms with Crippen LogP contribution in [-0.2, 0) is 4.74 Å². The summed E-state index contributed by atoms with van der Waals surface area (Å²) in [6.45, 7) is 4.06. The Morgan fingerprint density at radius 1 is 1.21 bits per heavy atom. The van der Waals surface area contributed by atoms with Gasteiger partial charge in [-0.3, -0.25) is 4.90 Å². The highest BCUT2D eigenvalue weighted by atomic mass is 16.5. The molecule has 2 nitrogen and oxygen atoms in total. The zero-order chi connectivity index (χ0) is 13.3. The highest BCUT2D eigenvalue weighted by Crippen LogP contribution is 2.21. The number of nitrogens with zero attached hydrogens (tertiary/aromatic N) is 1. The Kier molecular flexibility index (Phi) is 5.86. The van der Waals surface area contributed by atoms with E-state index in [9.17, 15) is 0 Å². The van der Waals surface area contributed by atoms with Gasteiger partial charge in [0.05, 0.1) is 0 Å². The van der Waals surface area contributed by atoms with Gasteiger partial charge in [-0.15, -0.1) is 0 Å². The van der Waals surface area contributed by atoms with Crippen LogP contribution in [0.15, 0.2) is 48.6 Å². The van der Waals surface area contributed by atoms with Crippen molar-refractivity contribution in [3.05, 3.63) is 54.1 Å². The monoisotopic (exact) mass is 257 g/mol. The van der Waals surface area contributed by atoms with Gasteiger partial charge in [0.25, 0.3) is 0 Å². The van der Waals surface area contributed by atoms with Crippen molar-refractivity contribution in [3.63, 3.8) is 0 Å². The van der Waals surface area contributed by atoms with Crippen molar-refractivity contribution in [1.82, 2.24) is 4.90 Å². The van der Waals surface area contributed by atoms with Crippen LogP contribution in [0.1, 0.15) is 18.4 Å². The Morgan fingerprint density at radius 2 is 2.05 bits per heavy atom. The van der Waals surface area contributed by atoms with E-state index in [1.54, 1.807) is 7.11 Å². The van der Waals surface area contributed by atoms with E-state index in [0.29, 0.717) is 0 Å². The highest BCUT2D eigenvalue weighted by molar-refractivity contribution is 5.66. The molecule has 0 unspecified atom stereocenters. The summed E-state index contributed by atoms with van der Waals surface area (Å²) < 4.78 is 5.02. The molecule has 2 heteroatoms. The summed E-state index contributed by atoms with van der Waals surface area (Å²) in [5.41, 5.74) is 2.86. The predicted octanol–water partition coefficient (Wildman–Crippen LogP) is 3.37. The molecule has 0 spiro atoms. The zero-order valence-electron chi connectivity index (χ0n) is 11.7. The lowest BCUT2D eigenvalue weighted by Gasteiger charge is -2.25. The van der Waals surface area contributed by atoms with Gasteiger partial charge in [0.15, 0.2) is 0 Å². The maximum Gasteiger partial charge on any atom is 0.0496 e. The Bertz CT molecular complexity index is 422. The van der Waals surface area contributed by atoms with Crippen molar-refractivity contribution in [3.8, 4) is 0 Å². The van der Waals surface area contributed by atoms with E-state index >= 15 is 0 Å². The number of methoxy groups -OCH3 is 1. The Morgan fingerprint density at radius 3 is 2.74 bits per heavy atom. The second-order valence-electron chi connectivity index (χ2n) is 4.86. The lowest BCUT2D eigenvalue weighted by molar-refractivity contribution is 0.204. The fourth-order valence-corrected chi connectivity index (χ4v) is 2.32. The molecule has 0 atom stereocenters. The minimum atomic E-state index is 0.814. The number of ether oxygens (including phenoxy) is 1. The van der Waals surface area contributed by atoms with Gasteiger partial charge in [0, 0.05) is 33.4 Å². The van der Waals surface area contributed by atoms with Gasteiger partial charge in [-0.2, -0.15) is 0 Å². The molecule has 0 fully saturated rings. The van der Waals surface area contributed by atoms with E-state index in [4.69, 9.17) is 4.74 Å². The zero-order valence-corrected chi connectivity index (χ0v) is 11.7. The van der Waals surface area contributed by atoms with Crippen molar-refractivity contribution in [2.24, 2.45) is 0 Å². The maximum absolute atomic E-state index is 5.02. The second kappa shape index (κ2) is 7.93. The van der Waals surface area contributed by atoms with Crippen LogP contribution in [0.25, 0.3) is 5.57 Å². The topological polar surface area (TPSA) is 12.5 Å². The predicted molar refractivity (Wildman–Crippen MR) is 81.1 cm³/mol. The molecule has 0 saturated carbocycles. The van der Waals surface area contributed by atoms with Gasteiger partial charge in [0.1, 0.15) is 0 Å². The molecule has 1 aliphatic rings. The summed E-state index contributed by atoms with van der Waals surface area (Å²) in [7, 11) is 1.74. The summed E-state index contributed by atoms with van der Waals surface area (Å²) in [5.74, 6) is 0. The third kappa shape index (κ3) is 4.66. The third-order valence-electron chi connectivity index (χ3n) is 3.46. The number of hydrogen-bond donors (Lipinski definition) is 0. The van der Waals surface area contributed by atoms with Crippen LogP contribution in [0.4, 0.5) is 0 Å². The summed E-state index contributed by atoms with van der Waals surface area (Å²) >= 11 is 0. The Labute approximate surface area is 116 Å². The molecule has 0 saturated heterocycles. The molecule has 0 aromatic heterocycles. The highest BCUT2D eigenvalue weighted by Gasteiger charge is 2.11. The van der Waals surface area contributed by atoms with Crippen molar-refractivity contribution < 1.29 is 4.74 Å². The lowest BCUT2D eigenvalue weighted by Crippen LogP contribution is -2.28. The van der Waals surface area contributed by atoms with Crippen LogP contribution in [0.2, 0.25) is 0 Å². The molecule has 19 heavy (non-hydrogen) atoms. The maximum atomic E-state index is 5.02. The Balaban J connectivity index is 1.78. The van der Waals surface area contributed by atoms with Gasteiger partial charge >= 0.3 is 0 Å². The van der Waals surface area contributed by atoms with Crippen molar-refractivity contribution in [2.75, 3.05) is 33.4 Å². The smallest absolute Gasteiger partial charge is 0.0496 e. The van der Waals surface area contributed by atoms with Gasteiger partial charge in [-0.1, -0.05) is 48.6 Å². The molecular formula is C17H23NO.